The molecule has 148 valence electrons. The van der Waals surface area contributed by atoms with Crippen LogP contribution in [-0.4, -0.2) is 27.5 Å². The predicted octanol–water partition coefficient (Wildman–Crippen LogP) is 1.87. The number of hydrogen-bond acceptors (Lipinski definition) is 5. The van der Waals surface area contributed by atoms with Gasteiger partial charge in [-0.3, -0.25) is 4.72 Å². The third-order valence-electron chi connectivity index (χ3n) is 3.31. The molecule has 0 unspecified atom stereocenters. The second-order valence-electron chi connectivity index (χ2n) is 6.42. The van der Waals surface area contributed by atoms with Crippen LogP contribution in [0.5, 0.6) is 0 Å². The van der Waals surface area contributed by atoms with Crippen molar-refractivity contribution in [1.82, 2.24) is 0 Å². The molecule has 0 aliphatic rings. The van der Waals surface area contributed by atoms with Crippen LogP contribution in [0.25, 0.3) is 6.08 Å². The number of rotatable bonds is 5. The maximum atomic E-state index is 12.2. The average molecular weight is 421 g/mol. The van der Waals surface area contributed by atoms with Gasteiger partial charge in [0.1, 0.15) is 10.5 Å². The van der Waals surface area contributed by atoms with Gasteiger partial charge >= 0.3 is 0 Å². The van der Waals surface area contributed by atoms with E-state index >= 15 is 0 Å². The summed E-state index contributed by atoms with van der Waals surface area (Å²) in [6, 6.07) is 12.2. The maximum Gasteiger partial charge on any atom is 0.255 e. The number of nitrogens with two attached hydrogens (primary N) is 1. The molecule has 0 aliphatic heterocycles. The first-order valence-corrected chi connectivity index (χ1v) is 11.1. The SMILES string of the molecule is CC(C)(O)C#Cc1ccc(/C=C/S(=O)(=O)Nc2ccccc2S(N)(=O)=O)cc1. The molecule has 2 aromatic rings. The number of hydrogen-bond donors (Lipinski definition) is 3. The minimum atomic E-state index is -4.08. The Morgan fingerprint density at radius 1 is 1.04 bits per heavy atom. The standard InChI is InChI=1S/C19H20N2O5S2/c1-19(2,22)13-11-15-7-9-16(10-8-15)12-14-27(23,24)21-17-5-3-4-6-18(17)28(20,25)26/h3-10,12,14,21-22H,1-2H3,(H2,20,25,26)/b14-12+. The Balaban J connectivity index is 2.19. The average Bonchev–Trinajstić information content (AvgIpc) is 2.58. The molecule has 9 heteroatoms. The van der Waals surface area contributed by atoms with E-state index in [1.165, 1.54) is 30.3 Å². The Bertz CT molecular complexity index is 1150. The fourth-order valence-electron chi connectivity index (χ4n) is 2.06. The lowest BCUT2D eigenvalue weighted by atomic mass is 10.1. The molecule has 0 aromatic heterocycles. The van der Waals surface area contributed by atoms with Gasteiger partial charge in [0.05, 0.1) is 11.1 Å². The van der Waals surface area contributed by atoms with E-state index in [9.17, 15) is 21.9 Å². The smallest absolute Gasteiger partial charge is 0.255 e. The second-order valence-corrected chi connectivity index (χ2v) is 9.52. The molecule has 7 nitrogen and oxygen atoms in total. The zero-order valence-corrected chi connectivity index (χ0v) is 16.9. The van der Waals surface area contributed by atoms with E-state index in [2.05, 4.69) is 16.6 Å². The molecule has 0 radical (unpaired) electrons. The first-order chi connectivity index (χ1) is 12.9. The molecule has 0 saturated heterocycles. The third kappa shape index (κ3) is 6.83. The summed E-state index contributed by atoms with van der Waals surface area (Å²) in [6.45, 7) is 3.14. The van der Waals surface area contributed by atoms with Crippen LogP contribution >= 0.6 is 0 Å². The number of nitrogens with one attached hydrogen (secondary N) is 1. The zero-order valence-electron chi connectivity index (χ0n) is 15.2. The van der Waals surface area contributed by atoms with E-state index in [-0.39, 0.29) is 10.6 Å². The lowest BCUT2D eigenvalue weighted by molar-refractivity contribution is 0.143. The number of sulfonamides is 2. The van der Waals surface area contributed by atoms with Crippen LogP contribution in [0.2, 0.25) is 0 Å². The van der Waals surface area contributed by atoms with Crippen LogP contribution in [0.15, 0.2) is 58.8 Å². The first-order valence-electron chi connectivity index (χ1n) is 8.04. The highest BCUT2D eigenvalue weighted by Gasteiger charge is 2.16. The van der Waals surface area contributed by atoms with Gasteiger partial charge in [-0.2, -0.15) is 0 Å². The van der Waals surface area contributed by atoms with Crippen molar-refractivity contribution in [3.8, 4) is 11.8 Å². The van der Waals surface area contributed by atoms with E-state index in [1.54, 1.807) is 38.1 Å². The van der Waals surface area contributed by atoms with Crippen LogP contribution in [0.4, 0.5) is 5.69 Å². The minimum Gasteiger partial charge on any atom is -0.378 e. The van der Waals surface area contributed by atoms with Crippen molar-refractivity contribution in [3.63, 3.8) is 0 Å². The quantitative estimate of drug-likeness (QED) is 0.637. The largest absolute Gasteiger partial charge is 0.378 e. The predicted molar refractivity (Wildman–Crippen MR) is 109 cm³/mol. The van der Waals surface area contributed by atoms with Gasteiger partial charge in [-0.05, 0) is 49.8 Å². The van der Waals surface area contributed by atoms with Crippen molar-refractivity contribution in [2.24, 2.45) is 5.14 Å². The van der Waals surface area contributed by atoms with Crippen molar-refractivity contribution in [2.75, 3.05) is 4.72 Å². The third-order valence-corrected chi connectivity index (χ3v) is 5.28. The lowest BCUT2D eigenvalue weighted by Crippen LogP contribution is -2.17. The van der Waals surface area contributed by atoms with Crippen molar-refractivity contribution in [2.45, 2.75) is 24.3 Å². The monoisotopic (exact) mass is 420 g/mol. The highest BCUT2D eigenvalue weighted by atomic mass is 32.2. The Hall–Kier alpha value is -2.64. The Labute approximate surface area is 165 Å². The fourth-order valence-corrected chi connectivity index (χ4v) is 3.70. The summed E-state index contributed by atoms with van der Waals surface area (Å²) in [7, 11) is -8.04. The van der Waals surface area contributed by atoms with Crippen LogP contribution in [0.1, 0.15) is 25.0 Å². The van der Waals surface area contributed by atoms with Crippen molar-refractivity contribution >= 4 is 31.8 Å². The van der Waals surface area contributed by atoms with Crippen molar-refractivity contribution in [1.29, 1.82) is 0 Å². The molecule has 2 aromatic carbocycles. The number of para-hydroxylation sites is 1. The van der Waals surface area contributed by atoms with Crippen molar-refractivity contribution < 1.29 is 21.9 Å². The molecule has 0 aliphatic carbocycles. The first kappa shape index (κ1) is 21.7. The molecule has 0 amide bonds. The number of primary sulfonamides is 1. The van der Waals surface area contributed by atoms with Gasteiger partial charge in [0.2, 0.25) is 10.0 Å². The Morgan fingerprint density at radius 2 is 1.64 bits per heavy atom. The summed E-state index contributed by atoms with van der Waals surface area (Å²) in [5.74, 6) is 5.49. The van der Waals surface area contributed by atoms with Gasteiger partial charge in [-0.25, -0.2) is 22.0 Å². The van der Waals surface area contributed by atoms with E-state index in [4.69, 9.17) is 5.14 Å². The normalized spacial score (nSPS) is 12.4. The fraction of sp³-hybridized carbons (Fsp3) is 0.158. The topological polar surface area (TPSA) is 127 Å². The summed E-state index contributed by atoms with van der Waals surface area (Å²) in [4.78, 5) is -0.318. The van der Waals surface area contributed by atoms with E-state index in [0.717, 1.165) is 5.41 Å². The van der Waals surface area contributed by atoms with Crippen LogP contribution in [0.3, 0.4) is 0 Å². The van der Waals surface area contributed by atoms with E-state index < -0.39 is 25.6 Å². The summed E-state index contributed by atoms with van der Waals surface area (Å²) in [5.41, 5.74) is 0.0270. The molecule has 0 heterocycles. The molecule has 2 rings (SSSR count). The van der Waals surface area contributed by atoms with Crippen LogP contribution in [-0.2, 0) is 20.0 Å². The summed E-state index contributed by atoms with van der Waals surface area (Å²) < 4.78 is 49.8. The van der Waals surface area contributed by atoms with Gasteiger partial charge in [0.25, 0.3) is 10.0 Å². The Morgan fingerprint density at radius 3 is 2.21 bits per heavy atom. The molecule has 0 spiro atoms. The number of anilines is 1. The van der Waals surface area contributed by atoms with Gasteiger partial charge in [0, 0.05) is 5.56 Å². The number of benzene rings is 2. The lowest BCUT2D eigenvalue weighted by Gasteiger charge is -2.08. The van der Waals surface area contributed by atoms with E-state index in [0.29, 0.717) is 11.1 Å². The van der Waals surface area contributed by atoms with Crippen LogP contribution < -0.4 is 9.86 Å². The minimum absolute atomic E-state index is 0.133. The molecular weight excluding hydrogens is 400 g/mol. The summed E-state index contributed by atoms with van der Waals surface area (Å²) in [5, 5.41) is 15.6. The second kappa shape index (κ2) is 8.16. The van der Waals surface area contributed by atoms with Gasteiger partial charge in [0.15, 0.2) is 0 Å². The molecule has 0 bridgehead atoms. The van der Waals surface area contributed by atoms with Gasteiger partial charge in [-0.15, -0.1) is 0 Å². The molecule has 0 atom stereocenters. The van der Waals surface area contributed by atoms with Gasteiger partial charge in [-0.1, -0.05) is 36.1 Å². The molecular formula is C19H20N2O5S2. The maximum absolute atomic E-state index is 12.2. The molecule has 4 N–H and O–H groups in total. The summed E-state index contributed by atoms with van der Waals surface area (Å²) >= 11 is 0. The number of aliphatic hydroxyl groups is 1. The Kier molecular flexibility index (Phi) is 6.31. The molecule has 0 saturated carbocycles. The molecule has 0 fully saturated rings. The summed E-state index contributed by atoms with van der Waals surface area (Å²) in [6.07, 6.45) is 1.36. The highest BCUT2D eigenvalue weighted by molar-refractivity contribution is 7.95. The highest BCUT2D eigenvalue weighted by Crippen LogP contribution is 2.21. The van der Waals surface area contributed by atoms with Crippen LogP contribution in [0, 0.1) is 11.8 Å². The van der Waals surface area contributed by atoms with E-state index in [1.807, 2.05) is 0 Å². The zero-order chi connectivity index (χ0) is 21.0. The van der Waals surface area contributed by atoms with Crippen molar-refractivity contribution in [3.05, 3.63) is 65.1 Å². The van der Waals surface area contributed by atoms with Gasteiger partial charge < -0.3 is 5.11 Å². The molecule has 28 heavy (non-hydrogen) atoms.